The Morgan fingerprint density at radius 1 is 1.15 bits per heavy atom. The molecule has 0 atom stereocenters. The molecule has 1 heterocycles. The Morgan fingerprint density at radius 3 is 2.35 bits per heavy atom. The summed E-state index contributed by atoms with van der Waals surface area (Å²) in [6.07, 6.45) is 2.54. The molecule has 20 heavy (non-hydrogen) atoms. The van der Waals surface area contributed by atoms with E-state index >= 15 is 0 Å². The maximum absolute atomic E-state index is 4.54. The molecule has 1 aromatic carbocycles. The zero-order chi connectivity index (χ0) is 14.3. The van der Waals surface area contributed by atoms with Gasteiger partial charge in [0.25, 0.3) is 0 Å². The summed E-state index contributed by atoms with van der Waals surface area (Å²) in [6.45, 7) is 6.72. The van der Waals surface area contributed by atoms with Gasteiger partial charge in [0.2, 0.25) is 0 Å². The van der Waals surface area contributed by atoms with E-state index in [1.807, 2.05) is 11.7 Å². The number of rotatable bonds is 3. The number of nitrogens with zero attached hydrogens (tertiary/aromatic N) is 2. The van der Waals surface area contributed by atoms with E-state index in [-0.39, 0.29) is 5.41 Å². The fourth-order valence-electron chi connectivity index (χ4n) is 2.39. The smallest absolute Gasteiger partial charge is 0.148 e. The standard InChI is InChI=1S/C17H23N3/c1-17(2,3)13-7-5-12(6-8-13)15-11-16(19-20(15)4)18-14-9-10-14/h5-8,11,14H,9-10H2,1-4H3,(H,18,19). The lowest BCUT2D eigenvalue weighted by molar-refractivity contribution is 0.590. The van der Waals surface area contributed by atoms with E-state index < -0.39 is 0 Å². The third kappa shape index (κ3) is 2.72. The van der Waals surface area contributed by atoms with E-state index in [1.54, 1.807) is 0 Å². The first-order chi connectivity index (χ1) is 9.43. The van der Waals surface area contributed by atoms with Crippen LogP contribution in [0.2, 0.25) is 0 Å². The zero-order valence-corrected chi connectivity index (χ0v) is 12.8. The summed E-state index contributed by atoms with van der Waals surface area (Å²) in [5.41, 5.74) is 3.94. The number of nitrogens with one attached hydrogen (secondary N) is 1. The van der Waals surface area contributed by atoms with Gasteiger partial charge in [-0.1, -0.05) is 45.0 Å². The van der Waals surface area contributed by atoms with Crippen molar-refractivity contribution in [1.29, 1.82) is 0 Å². The number of aryl methyl sites for hydroxylation is 1. The molecule has 0 amide bonds. The molecule has 1 saturated carbocycles. The number of hydrogen-bond acceptors (Lipinski definition) is 2. The highest BCUT2D eigenvalue weighted by molar-refractivity contribution is 5.64. The molecule has 0 radical (unpaired) electrons. The van der Waals surface area contributed by atoms with Crippen LogP contribution < -0.4 is 5.32 Å². The number of benzene rings is 1. The molecule has 1 aliphatic carbocycles. The summed E-state index contributed by atoms with van der Waals surface area (Å²) in [5, 5.41) is 7.99. The van der Waals surface area contributed by atoms with Gasteiger partial charge in [-0.2, -0.15) is 5.10 Å². The maximum atomic E-state index is 4.54. The molecular weight excluding hydrogens is 246 g/mol. The summed E-state index contributed by atoms with van der Waals surface area (Å²) in [4.78, 5) is 0. The summed E-state index contributed by atoms with van der Waals surface area (Å²) < 4.78 is 1.96. The van der Waals surface area contributed by atoms with Crippen LogP contribution in [0.15, 0.2) is 30.3 Å². The highest BCUT2D eigenvalue weighted by Gasteiger charge is 2.22. The van der Waals surface area contributed by atoms with E-state index in [4.69, 9.17) is 0 Å². The molecule has 0 saturated heterocycles. The van der Waals surface area contributed by atoms with Gasteiger partial charge in [0.05, 0.1) is 5.69 Å². The Labute approximate surface area is 121 Å². The Balaban J connectivity index is 1.86. The largest absolute Gasteiger partial charge is 0.366 e. The molecule has 0 bridgehead atoms. The molecule has 1 aliphatic rings. The highest BCUT2D eigenvalue weighted by atomic mass is 15.3. The molecule has 106 valence electrons. The van der Waals surface area contributed by atoms with Gasteiger partial charge in [-0.15, -0.1) is 0 Å². The average molecular weight is 269 g/mol. The average Bonchev–Trinajstić information content (AvgIpc) is 3.11. The molecule has 0 aliphatic heterocycles. The Kier molecular flexibility index (Phi) is 3.08. The van der Waals surface area contributed by atoms with Crippen molar-refractivity contribution < 1.29 is 0 Å². The summed E-state index contributed by atoms with van der Waals surface area (Å²) in [5.74, 6) is 0.991. The summed E-state index contributed by atoms with van der Waals surface area (Å²) in [7, 11) is 2.01. The van der Waals surface area contributed by atoms with Gasteiger partial charge in [-0.05, 0) is 29.4 Å². The van der Waals surface area contributed by atoms with Gasteiger partial charge >= 0.3 is 0 Å². The van der Waals surface area contributed by atoms with Crippen LogP contribution in [0.25, 0.3) is 11.3 Å². The topological polar surface area (TPSA) is 29.9 Å². The quantitative estimate of drug-likeness (QED) is 0.914. The Hall–Kier alpha value is -1.77. The van der Waals surface area contributed by atoms with Crippen LogP contribution in [0.5, 0.6) is 0 Å². The second-order valence-electron chi connectivity index (χ2n) is 6.78. The molecule has 1 fully saturated rings. The van der Waals surface area contributed by atoms with Crippen LogP contribution in [-0.2, 0) is 12.5 Å². The lowest BCUT2D eigenvalue weighted by atomic mass is 9.86. The van der Waals surface area contributed by atoms with Crippen molar-refractivity contribution in [1.82, 2.24) is 9.78 Å². The third-order valence-electron chi connectivity index (χ3n) is 3.86. The maximum Gasteiger partial charge on any atom is 0.148 e. The second kappa shape index (κ2) is 4.65. The molecule has 3 rings (SSSR count). The van der Waals surface area contributed by atoms with Gasteiger partial charge in [-0.25, -0.2) is 0 Å². The van der Waals surface area contributed by atoms with E-state index in [0.717, 1.165) is 11.5 Å². The minimum absolute atomic E-state index is 0.198. The van der Waals surface area contributed by atoms with Crippen LogP contribution in [0, 0.1) is 0 Å². The van der Waals surface area contributed by atoms with Gasteiger partial charge in [0.1, 0.15) is 5.82 Å². The SMILES string of the molecule is Cn1nc(NC2CC2)cc1-c1ccc(C(C)(C)C)cc1. The van der Waals surface area contributed by atoms with E-state index in [0.29, 0.717) is 6.04 Å². The molecule has 0 unspecified atom stereocenters. The van der Waals surface area contributed by atoms with Crippen molar-refractivity contribution in [2.45, 2.75) is 45.1 Å². The minimum Gasteiger partial charge on any atom is -0.366 e. The van der Waals surface area contributed by atoms with Gasteiger partial charge < -0.3 is 5.32 Å². The first-order valence-corrected chi connectivity index (χ1v) is 7.35. The lowest BCUT2D eigenvalue weighted by Gasteiger charge is -2.19. The monoisotopic (exact) mass is 269 g/mol. The second-order valence-corrected chi connectivity index (χ2v) is 6.78. The van der Waals surface area contributed by atoms with Crippen LogP contribution in [0.1, 0.15) is 39.2 Å². The first kappa shape index (κ1) is 13.2. The van der Waals surface area contributed by atoms with Gasteiger partial charge in [0.15, 0.2) is 0 Å². The zero-order valence-electron chi connectivity index (χ0n) is 12.8. The normalized spacial score (nSPS) is 15.4. The van der Waals surface area contributed by atoms with Crippen LogP contribution in [0.4, 0.5) is 5.82 Å². The number of aromatic nitrogens is 2. The molecule has 1 aromatic heterocycles. The van der Waals surface area contributed by atoms with E-state index in [9.17, 15) is 0 Å². The predicted molar refractivity (Wildman–Crippen MR) is 84.0 cm³/mol. The van der Waals surface area contributed by atoms with Crippen LogP contribution in [-0.4, -0.2) is 15.8 Å². The first-order valence-electron chi connectivity index (χ1n) is 7.35. The van der Waals surface area contributed by atoms with Crippen molar-refractivity contribution in [3.05, 3.63) is 35.9 Å². The highest BCUT2D eigenvalue weighted by Crippen LogP contribution is 2.29. The van der Waals surface area contributed by atoms with Crippen LogP contribution >= 0.6 is 0 Å². The fourth-order valence-corrected chi connectivity index (χ4v) is 2.39. The van der Waals surface area contributed by atoms with Crippen molar-refractivity contribution in [2.24, 2.45) is 7.05 Å². The molecule has 3 nitrogen and oxygen atoms in total. The minimum atomic E-state index is 0.198. The number of anilines is 1. The summed E-state index contributed by atoms with van der Waals surface area (Å²) >= 11 is 0. The Bertz CT molecular complexity index is 598. The fraction of sp³-hybridized carbons (Fsp3) is 0.471. The van der Waals surface area contributed by atoms with Crippen LogP contribution in [0.3, 0.4) is 0 Å². The van der Waals surface area contributed by atoms with Gasteiger partial charge in [0, 0.05) is 19.2 Å². The summed E-state index contributed by atoms with van der Waals surface area (Å²) in [6, 6.07) is 11.6. The molecule has 3 heteroatoms. The lowest BCUT2D eigenvalue weighted by Crippen LogP contribution is -2.10. The van der Waals surface area contributed by atoms with Crippen molar-refractivity contribution in [3.8, 4) is 11.3 Å². The Morgan fingerprint density at radius 2 is 1.80 bits per heavy atom. The van der Waals surface area contributed by atoms with Crippen molar-refractivity contribution >= 4 is 5.82 Å². The number of hydrogen-bond donors (Lipinski definition) is 1. The molecular formula is C17H23N3. The van der Waals surface area contributed by atoms with Crippen molar-refractivity contribution in [3.63, 3.8) is 0 Å². The third-order valence-corrected chi connectivity index (χ3v) is 3.86. The van der Waals surface area contributed by atoms with Crippen molar-refractivity contribution in [2.75, 3.05) is 5.32 Å². The molecule has 1 N–H and O–H groups in total. The van der Waals surface area contributed by atoms with E-state index in [2.05, 4.69) is 61.5 Å². The predicted octanol–water partition coefficient (Wildman–Crippen LogP) is 3.96. The van der Waals surface area contributed by atoms with Gasteiger partial charge in [-0.3, -0.25) is 4.68 Å². The molecule has 0 spiro atoms. The molecule has 2 aromatic rings. The van der Waals surface area contributed by atoms with E-state index in [1.165, 1.54) is 24.0 Å².